The molecule has 2 heterocycles. The Morgan fingerprint density at radius 3 is 2.69 bits per heavy atom. The second kappa shape index (κ2) is 4.11. The Morgan fingerprint density at radius 2 is 2.06 bits per heavy atom. The van der Waals surface area contributed by atoms with Crippen molar-refractivity contribution in [2.24, 2.45) is 23.7 Å². The summed E-state index contributed by atoms with van der Waals surface area (Å²) in [7, 11) is 0. The van der Waals surface area contributed by atoms with Crippen LogP contribution in [0.15, 0.2) is 0 Å². The van der Waals surface area contributed by atoms with Gasteiger partial charge in [0.05, 0.1) is 13.2 Å². The highest BCUT2D eigenvalue weighted by Crippen LogP contribution is 2.46. The minimum Gasteiger partial charge on any atom is -0.350 e. The highest BCUT2D eigenvalue weighted by molar-refractivity contribution is 5.83. The number of hydrogen-bond acceptors (Lipinski definition) is 3. The molecule has 0 amide bonds. The molecule has 2 aliphatic heterocycles. The molecule has 3 nitrogen and oxygen atoms in total. The van der Waals surface area contributed by atoms with Crippen LogP contribution in [0.5, 0.6) is 0 Å². The summed E-state index contributed by atoms with van der Waals surface area (Å²) in [5.74, 6) is 0.759. The fourth-order valence-electron chi connectivity index (χ4n) is 2.80. The molecule has 3 heteroatoms. The number of hydrogen-bond donors (Lipinski definition) is 0. The lowest BCUT2D eigenvalue weighted by molar-refractivity contribution is -0.231. The van der Waals surface area contributed by atoms with Gasteiger partial charge in [-0.25, -0.2) is 0 Å². The van der Waals surface area contributed by atoms with E-state index in [2.05, 4.69) is 13.8 Å². The molecule has 0 saturated carbocycles. The van der Waals surface area contributed by atoms with Crippen molar-refractivity contribution in [2.75, 3.05) is 13.2 Å². The van der Waals surface area contributed by atoms with Crippen molar-refractivity contribution < 1.29 is 14.3 Å². The molecule has 0 unspecified atom stereocenters. The number of fused-ring (bicyclic) bond motifs is 2. The van der Waals surface area contributed by atoms with Crippen molar-refractivity contribution in [2.45, 2.75) is 39.9 Å². The zero-order valence-electron chi connectivity index (χ0n) is 10.7. The fourth-order valence-corrected chi connectivity index (χ4v) is 2.80. The van der Waals surface area contributed by atoms with Gasteiger partial charge in [-0.05, 0) is 13.3 Å². The number of ether oxygens (including phenoxy) is 2. The standard InChI is InChI=1S/C13H22O3/c1-5-8(2)12(14)11-7-16-13(4)9(3)10(11)6-15-13/h8-11H,5-7H2,1-4H3/t8-,9+,10-,11-,13-/m0/s1. The lowest BCUT2D eigenvalue weighted by Gasteiger charge is -2.38. The largest absolute Gasteiger partial charge is 0.350 e. The van der Waals surface area contributed by atoms with E-state index in [-0.39, 0.29) is 11.8 Å². The summed E-state index contributed by atoms with van der Waals surface area (Å²) in [6, 6.07) is 0. The maximum Gasteiger partial charge on any atom is 0.168 e. The Morgan fingerprint density at radius 1 is 1.44 bits per heavy atom. The third-order valence-corrected chi connectivity index (χ3v) is 4.56. The minimum atomic E-state index is -0.448. The van der Waals surface area contributed by atoms with Gasteiger partial charge in [0.1, 0.15) is 5.78 Å². The second-order valence-corrected chi connectivity index (χ2v) is 5.41. The lowest BCUT2D eigenvalue weighted by Crippen LogP contribution is -2.46. The Bertz CT molecular complexity index is 289. The highest BCUT2D eigenvalue weighted by atomic mass is 16.7. The summed E-state index contributed by atoms with van der Waals surface area (Å²) in [6.45, 7) is 9.40. The monoisotopic (exact) mass is 226 g/mol. The number of carbonyl (C=O) groups excluding carboxylic acids is 1. The van der Waals surface area contributed by atoms with Crippen molar-refractivity contribution >= 4 is 5.78 Å². The lowest BCUT2D eigenvalue weighted by atomic mass is 9.75. The quantitative estimate of drug-likeness (QED) is 0.740. The molecule has 2 saturated heterocycles. The van der Waals surface area contributed by atoms with Crippen molar-refractivity contribution in [3.63, 3.8) is 0 Å². The van der Waals surface area contributed by atoms with Gasteiger partial charge in [-0.1, -0.05) is 20.8 Å². The van der Waals surface area contributed by atoms with E-state index in [0.29, 0.717) is 30.8 Å². The van der Waals surface area contributed by atoms with Crippen molar-refractivity contribution in [3.8, 4) is 0 Å². The van der Waals surface area contributed by atoms with Gasteiger partial charge in [0.2, 0.25) is 0 Å². The molecule has 92 valence electrons. The minimum absolute atomic E-state index is 0.0422. The predicted molar refractivity (Wildman–Crippen MR) is 60.9 cm³/mol. The molecule has 2 aliphatic rings. The number of ketones is 1. The van der Waals surface area contributed by atoms with Gasteiger partial charge in [-0.2, -0.15) is 0 Å². The molecule has 0 aromatic rings. The molecule has 2 fully saturated rings. The van der Waals surface area contributed by atoms with Crippen molar-refractivity contribution in [1.29, 1.82) is 0 Å². The molecule has 0 aliphatic carbocycles. The van der Waals surface area contributed by atoms with Crippen LogP contribution in [0.1, 0.15) is 34.1 Å². The van der Waals surface area contributed by atoms with E-state index in [1.165, 1.54) is 0 Å². The molecule has 0 spiro atoms. The summed E-state index contributed by atoms with van der Waals surface area (Å²) in [6.07, 6.45) is 0.911. The second-order valence-electron chi connectivity index (χ2n) is 5.41. The molecule has 0 aromatic heterocycles. The fraction of sp³-hybridized carbons (Fsp3) is 0.923. The zero-order valence-corrected chi connectivity index (χ0v) is 10.7. The normalized spacial score (nSPS) is 44.4. The average molecular weight is 226 g/mol. The number of carbonyl (C=O) groups is 1. The zero-order chi connectivity index (χ0) is 11.9. The molecule has 0 N–H and O–H groups in total. The molecule has 2 bridgehead atoms. The first-order valence-electron chi connectivity index (χ1n) is 6.31. The summed E-state index contributed by atoms with van der Waals surface area (Å²) in [5.41, 5.74) is 0. The van der Waals surface area contributed by atoms with Gasteiger partial charge < -0.3 is 9.47 Å². The Hall–Kier alpha value is -0.410. The molecule has 16 heavy (non-hydrogen) atoms. The van der Waals surface area contributed by atoms with E-state index in [0.717, 1.165) is 6.42 Å². The Kier molecular flexibility index (Phi) is 3.10. The molecule has 5 atom stereocenters. The Balaban J connectivity index is 2.12. The van der Waals surface area contributed by atoms with Gasteiger partial charge in [0, 0.05) is 23.7 Å². The van der Waals surface area contributed by atoms with Crippen molar-refractivity contribution in [3.05, 3.63) is 0 Å². The maximum atomic E-state index is 12.2. The van der Waals surface area contributed by atoms with Crippen LogP contribution in [0.25, 0.3) is 0 Å². The third-order valence-electron chi connectivity index (χ3n) is 4.56. The molecule has 0 aromatic carbocycles. The van der Waals surface area contributed by atoms with Gasteiger partial charge >= 0.3 is 0 Å². The molecular weight excluding hydrogens is 204 g/mol. The first-order valence-corrected chi connectivity index (χ1v) is 6.31. The van der Waals surface area contributed by atoms with Crippen LogP contribution in [0.4, 0.5) is 0 Å². The van der Waals surface area contributed by atoms with E-state index >= 15 is 0 Å². The van der Waals surface area contributed by atoms with E-state index in [1.807, 2.05) is 13.8 Å². The average Bonchev–Trinajstić information content (AvgIpc) is 2.49. The van der Waals surface area contributed by atoms with Crippen LogP contribution in [0, 0.1) is 23.7 Å². The molecular formula is C13H22O3. The van der Waals surface area contributed by atoms with Crippen LogP contribution in [-0.4, -0.2) is 24.8 Å². The predicted octanol–water partition coefficient (Wildman–Crippen LogP) is 2.25. The van der Waals surface area contributed by atoms with E-state index in [1.54, 1.807) is 0 Å². The summed E-state index contributed by atoms with van der Waals surface area (Å²) >= 11 is 0. The van der Waals surface area contributed by atoms with Gasteiger partial charge in [-0.15, -0.1) is 0 Å². The van der Waals surface area contributed by atoms with E-state index in [4.69, 9.17) is 9.47 Å². The van der Waals surface area contributed by atoms with E-state index < -0.39 is 5.79 Å². The van der Waals surface area contributed by atoms with Gasteiger partial charge in [0.25, 0.3) is 0 Å². The maximum absolute atomic E-state index is 12.2. The first kappa shape index (κ1) is 12.1. The van der Waals surface area contributed by atoms with E-state index in [9.17, 15) is 4.79 Å². The number of rotatable bonds is 3. The van der Waals surface area contributed by atoms with Gasteiger partial charge in [0.15, 0.2) is 5.79 Å². The SMILES string of the molecule is CC[C@H](C)C(=O)[C@H]1CO[C@]2(C)OC[C@H]1[C@H]2C. The third kappa shape index (κ3) is 1.70. The summed E-state index contributed by atoms with van der Waals surface area (Å²) in [4.78, 5) is 12.2. The van der Waals surface area contributed by atoms with Crippen molar-refractivity contribution in [1.82, 2.24) is 0 Å². The van der Waals surface area contributed by atoms with Crippen LogP contribution in [0.3, 0.4) is 0 Å². The Labute approximate surface area is 97.5 Å². The topological polar surface area (TPSA) is 35.5 Å². The molecule has 0 radical (unpaired) electrons. The van der Waals surface area contributed by atoms with Crippen LogP contribution in [0.2, 0.25) is 0 Å². The number of Topliss-reactive ketones (excluding diaryl/α,β-unsaturated/α-hetero) is 1. The summed E-state index contributed by atoms with van der Waals surface area (Å²) in [5, 5.41) is 0. The first-order chi connectivity index (χ1) is 7.49. The highest BCUT2D eigenvalue weighted by Gasteiger charge is 2.53. The van der Waals surface area contributed by atoms with Crippen LogP contribution >= 0.6 is 0 Å². The van der Waals surface area contributed by atoms with Crippen LogP contribution < -0.4 is 0 Å². The molecule has 2 rings (SSSR count). The smallest absolute Gasteiger partial charge is 0.168 e. The van der Waals surface area contributed by atoms with Crippen LogP contribution in [-0.2, 0) is 14.3 Å². The van der Waals surface area contributed by atoms with Gasteiger partial charge in [-0.3, -0.25) is 4.79 Å². The summed E-state index contributed by atoms with van der Waals surface area (Å²) < 4.78 is 11.4.